The van der Waals surface area contributed by atoms with Crippen molar-refractivity contribution in [2.45, 2.75) is 43.9 Å². The fourth-order valence-electron chi connectivity index (χ4n) is 4.95. The van der Waals surface area contributed by atoms with Crippen LogP contribution in [-0.2, 0) is 5.41 Å². The van der Waals surface area contributed by atoms with Gasteiger partial charge in [0.1, 0.15) is 0 Å². The Morgan fingerprint density at radius 1 is 1.00 bits per heavy atom. The van der Waals surface area contributed by atoms with Crippen LogP contribution in [0.3, 0.4) is 0 Å². The van der Waals surface area contributed by atoms with Crippen LogP contribution in [0.5, 0.6) is 0 Å². The highest BCUT2D eigenvalue weighted by molar-refractivity contribution is 5.22. The van der Waals surface area contributed by atoms with Gasteiger partial charge in [-0.25, -0.2) is 4.98 Å². The highest BCUT2D eigenvalue weighted by Gasteiger charge is 2.52. The number of rotatable bonds is 1. The lowest BCUT2D eigenvalue weighted by molar-refractivity contribution is -0.00776. The largest absolute Gasteiger partial charge is 0.366 e. The zero-order valence-electron chi connectivity index (χ0n) is 9.97. The standard InChI is InChI=1S/C13H18N4/c14-12-15-7-11(16-17-12)13-4-8-1-9(5-13)3-10(2-8)6-13/h7-10H,1-6H2,(H2,14,15,17). The van der Waals surface area contributed by atoms with Gasteiger partial charge in [0.15, 0.2) is 0 Å². The third-order valence-electron chi connectivity index (χ3n) is 5.16. The zero-order valence-corrected chi connectivity index (χ0v) is 9.97. The van der Waals surface area contributed by atoms with Gasteiger partial charge < -0.3 is 5.73 Å². The molecule has 4 aliphatic rings. The van der Waals surface area contributed by atoms with E-state index in [9.17, 15) is 0 Å². The van der Waals surface area contributed by atoms with Crippen LogP contribution in [0.15, 0.2) is 6.20 Å². The summed E-state index contributed by atoms with van der Waals surface area (Å²) in [5.41, 5.74) is 6.93. The summed E-state index contributed by atoms with van der Waals surface area (Å²) in [5, 5.41) is 8.28. The fourth-order valence-corrected chi connectivity index (χ4v) is 4.95. The van der Waals surface area contributed by atoms with Gasteiger partial charge in [-0.2, -0.15) is 0 Å². The van der Waals surface area contributed by atoms with Crippen molar-refractivity contribution in [1.29, 1.82) is 0 Å². The molecule has 0 atom stereocenters. The quantitative estimate of drug-likeness (QED) is 0.800. The van der Waals surface area contributed by atoms with Crippen LogP contribution >= 0.6 is 0 Å². The molecule has 0 aromatic carbocycles. The summed E-state index contributed by atoms with van der Waals surface area (Å²) in [7, 11) is 0. The molecule has 4 heteroatoms. The van der Waals surface area contributed by atoms with Crippen LogP contribution in [0.25, 0.3) is 0 Å². The topological polar surface area (TPSA) is 64.7 Å². The van der Waals surface area contributed by atoms with E-state index in [1.165, 1.54) is 38.5 Å². The lowest BCUT2D eigenvalue weighted by Gasteiger charge is -2.56. The van der Waals surface area contributed by atoms with Gasteiger partial charge in [0, 0.05) is 5.41 Å². The van der Waals surface area contributed by atoms with E-state index < -0.39 is 0 Å². The van der Waals surface area contributed by atoms with Gasteiger partial charge in [-0.15, -0.1) is 10.2 Å². The zero-order chi connectivity index (χ0) is 11.5. The van der Waals surface area contributed by atoms with Gasteiger partial charge in [-0.3, -0.25) is 0 Å². The minimum absolute atomic E-state index is 0.290. The molecule has 2 N–H and O–H groups in total. The van der Waals surface area contributed by atoms with Crippen molar-refractivity contribution in [3.8, 4) is 0 Å². The van der Waals surface area contributed by atoms with E-state index >= 15 is 0 Å². The maximum absolute atomic E-state index is 5.53. The van der Waals surface area contributed by atoms with E-state index in [2.05, 4.69) is 15.2 Å². The van der Waals surface area contributed by atoms with Crippen LogP contribution in [-0.4, -0.2) is 15.2 Å². The lowest BCUT2D eigenvalue weighted by atomic mass is 9.49. The van der Waals surface area contributed by atoms with Crippen LogP contribution in [0.1, 0.15) is 44.2 Å². The summed E-state index contributed by atoms with van der Waals surface area (Å²) >= 11 is 0. The first-order valence-electron chi connectivity index (χ1n) is 6.69. The maximum Gasteiger partial charge on any atom is 0.240 e. The molecule has 5 rings (SSSR count). The lowest BCUT2D eigenvalue weighted by Crippen LogP contribution is -2.49. The molecule has 1 aromatic rings. The van der Waals surface area contributed by atoms with Gasteiger partial charge in [0.05, 0.1) is 11.9 Å². The number of hydrogen-bond acceptors (Lipinski definition) is 4. The van der Waals surface area contributed by atoms with Crippen LogP contribution in [0, 0.1) is 17.8 Å². The summed E-state index contributed by atoms with van der Waals surface area (Å²) in [6, 6.07) is 0. The van der Waals surface area contributed by atoms with E-state index in [0.29, 0.717) is 11.4 Å². The number of nitrogen functional groups attached to an aromatic ring is 1. The summed E-state index contributed by atoms with van der Waals surface area (Å²) < 4.78 is 0. The van der Waals surface area contributed by atoms with Crippen molar-refractivity contribution < 1.29 is 0 Å². The average molecular weight is 230 g/mol. The normalized spacial score (nSPS) is 42.9. The Balaban J connectivity index is 1.74. The van der Waals surface area contributed by atoms with Crippen molar-refractivity contribution in [2.75, 3.05) is 5.73 Å². The molecule has 90 valence electrons. The third-order valence-corrected chi connectivity index (χ3v) is 5.16. The van der Waals surface area contributed by atoms with Gasteiger partial charge in [0.2, 0.25) is 5.95 Å². The Morgan fingerprint density at radius 2 is 1.59 bits per heavy atom. The molecule has 0 saturated heterocycles. The van der Waals surface area contributed by atoms with E-state index in [-0.39, 0.29) is 0 Å². The molecular weight excluding hydrogens is 212 g/mol. The molecule has 0 spiro atoms. The number of nitrogens with two attached hydrogens (primary N) is 1. The van der Waals surface area contributed by atoms with Crippen LogP contribution < -0.4 is 5.73 Å². The third kappa shape index (κ3) is 1.39. The van der Waals surface area contributed by atoms with Crippen molar-refractivity contribution >= 4 is 5.95 Å². The molecule has 4 saturated carbocycles. The van der Waals surface area contributed by atoms with Crippen molar-refractivity contribution in [1.82, 2.24) is 15.2 Å². The van der Waals surface area contributed by atoms with Gasteiger partial charge in [-0.1, -0.05) is 0 Å². The second-order valence-electron chi connectivity index (χ2n) is 6.40. The highest BCUT2D eigenvalue weighted by atomic mass is 15.2. The van der Waals surface area contributed by atoms with E-state index in [1.54, 1.807) is 0 Å². The van der Waals surface area contributed by atoms with Crippen molar-refractivity contribution in [2.24, 2.45) is 17.8 Å². The molecule has 0 unspecified atom stereocenters. The van der Waals surface area contributed by atoms with Crippen molar-refractivity contribution in [3.63, 3.8) is 0 Å². The predicted octanol–water partition coefficient (Wildman–Crippen LogP) is 1.92. The number of anilines is 1. The molecule has 1 heterocycles. The Morgan fingerprint density at radius 3 is 2.06 bits per heavy atom. The Bertz CT molecular complexity index is 404. The molecule has 0 aliphatic heterocycles. The first-order valence-corrected chi connectivity index (χ1v) is 6.69. The Hall–Kier alpha value is -1.19. The second kappa shape index (κ2) is 3.18. The molecule has 0 radical (unpaired) electrons. The molecule has 17 heavy (non-hydrogen) atoms. The van der Waals surface area contributed by atoms with Crippen LogP contribution in [0.2, 0.25) is 0 Å². The average Bonchev–Trinajstić information content (AvgIpc) is 2.27. The van der Waals surface area contributed by atoms with Gasteiger partial charge in [0.25, 0.3) is 0 Å². The number of hydrogen-bond donors (Lipinski definition) is 1. The molecular formula is C13H18N4. The molecule has 1 aromatic heterocycles. The SMILES string of the molecule is Nc1ncc(C23CC4CC(CC(C4)C2)C3)nn1. The van der Waals surface area contributed by atoms with E-state index in [0.717, 1.165) is 23.4 Å². The summed E-state index contributed by atoms with van der Waals surface area (Å²) in [6.45, 7) is 0. The summed E-state index contributed by atoms with van der Waals surface area (Å²) in [4.78, 5) is 4.14. The fraction of sp³-hybridized carbons (Fsp3) is 0.769. The van der Waals surface area contributed by atoms with E-state index in [1.807, 2.05) is 6.20 Å². The van der Waals surface area contributed by atoms with Gasteiger partial charge >= 0.3 is 0 Å². The first kappa shape index (κ1) is 9.80. The van der Waals surface area contributed by atoms with Crippen LogP contribution in [0.4, 0.5) is 5.95 Å². The van der Waals surface area contributed by atoms with Crippen molar-refractivity contribution in [3.05, 3.63) is 11.9 Å². The highest BCUT2D eigenvalue weighted by Crippen LogP contribution is 2.60. The smallest absolute Gasteiger partial charge is 0.240 e. The minimum atomic E-state index is 0.290. The molecule has 4 aliphatic carbocycles. The molecule has 4 nitrogen and oxygen atoms in total. The predicted molar refractivity (Wildman–Crippen MR) is 64.1 cm³/mol. The number of aromatic nitrogens is 3. The summed E-state index contributed by atoms with van der Waals surface area (Å²) in [5.74, 6) is 3.08. The number of nitrogens with zero attached hydrogens (tertiary/aromatic N) is 3. The van der Waals surface area contributed by atoms with E-state index in [4.69, 9.17) is 5.73 Å². The summed E-state index contributed by atoms with van der Waals surface area (Å²) in [6.07, 6.45) is 10.1. The molecule has 4 bridgehead atoms. The molecule has 0 amide bonds. The van der Waals surface area contributed by atoms with Gasteiger partial charge in [-0.05, 0) is 56.3 Å². The molecule has 4 fully saturated rings. The Kier molecular flexibility index (Phi) is 1.83. The first-order chi connectivity index (χ1) is 8.23. The maximum atomic E-state index is 5.53. The second-order valence-corrected chi connectivity index (χ2v) is 6.40. The Labute approximate surface area is 101 Å². The minimum Gasteiger partial charge on any atom is -0.366 e. The monoisotopic (exact) mass is 230 g/mol.